The maximum absolute atomic E-state index is 11.9. The normalized spacial score (nSPS) is 9.92. The summed E-state index contributed by atoms with van der Waals surface area (Å²) in [5.41, 5.74) is 7.64. The fourth-order valence-electron chi connectivity index (χ4n) is 1.93. The zero-order valence-electron chi connectivity index (χ0n) is 13.4. The number of anilines is 1. The van der Waals surface area contributed by atoms with Crippen LogP contribution < -0.4 is 20.9 Å². The van der Waals surface area contributed by atoms with Crippen LogP contribution in [0, 0.1) is 0 Å². The van der Waals surface area contributed by atoms with Gasteiger partial charge in [-0.2, -0.15) is 0 Å². The van der Waals surface area contributed by atoms with Gasteiger partial charge in [-0.3, -0.25) is 15.6 Å². The van der Waals surface area contributed by atoms with Crippen LogP contribution in [0.5, 0.6) is 5.75 Å². The largest absolute Gasteiger partial charge is 0.494 e. The third kappa shape index (κ3) is 5.52. The third-order valence-electron chi connectivity index (χ3n) is 3.16. The predicted molar refractivity (Wildman–Crippen MR) is 97.9 cm³/mol. The van der Waals surface area contributed by atoms with E-state index in [0.717, 1.165) is 17.0 Å². The van der Waals surface area contributed by atoms with Gasteiger partial charge in [0.1, 0.15) is 5.75 Å². The van der Waals surface area contributed by atoms with Crippen LogP contribution in [0.1, 0.15) is 12.5 Å². The average Bonchev–Trinajstić information content (AvgIpc) is 2.60. The van der Waals surface area contributed by atoms with Crippen molar-refractivity contribution in [1.82, 2.24) is 10.9 Å². The zero-order chi connectivity index (χ0) is 17.4. The Balaban J connectivity index is 1.74. The number of amides is 1. The van der Waals surface area contributed by atoms with Crippen LogP contribution in [-0.4, -0.2) is 19.1 Å². The molecular weight excluding hydrogens is 326 g/mol. The molecule has 0 radical (unpaired) electrons. The number of rotatable bonds is 8. The van der Waals surface area contributed by atoms with Crippen LogP contribution >= 0.6 is 11.6 Å². The van der Waals surface area contributed by atoms with E-state index in [2.05, 4.69) is 22.7 Å². The summed E-state index contributed by atoms with van der Waals surface area (Å²) in [7, 11) is 0. The molecule has 0 aromatic heterocycles. The minimum Gasteiger partial charge on any atom is -0.494 e. The van der Waals surface area contributed by atoms with Crippen molar-refractivity contribution in [3.8, 4) is 5.75 Å². The molecule has 0 aliphatic carbocycles. The fourth-order valence-corrected chi connectivity index (χ4v) is 2.06. The SMILES string of the molecule is C=C(NNC(=O)CNc1ccc(OCC)cc1)c1ccc(Cl)cc1. The first-order valence-electron chi connectivity index (χ1n) is 7.55. The minimum absolute atomic E-state index is 0.134. The minimum atomic E-state index is -0.209. The lowest BCUT2D eigenvalue weighted by atomic mass is 10.2. The van der Waals surface area contributed by atoms with Gasteiger partial charge in [0.15, 0.2) is 0 Å². The predicted octanol–water partition coefficient (Wildman–Crippen LogP) is 3.44. The number of carbonyl (C=O) groups excluding carboxylic acids is 1. The van der Waals surface area contributed by atoms with Crippen molar-refractivity contribution < 1.29 is 9.53 Å². The lowest BCUT2D eigenvalue weighted by Gasteiger charge is -2.12. The Labute approximate surface area is 146 Å². The van der Waals surface area contributed by atoms with Gasteiger partial charge in [-0.1, -0.05) is 30.3 Å². The first-order chi connectivity index (χ1) is 11.6. The maximum atomic E-state index is 11.9. The molecule has 126 valence electrons. The van der Waals surface area contributed by atoms with Crippen LogP contribution in [0.15, 0.2) is 55.1 Å². The number of hydrazine groups is 1. The number of hydrogen-bond acceptors (Lipinski definition) is 4. The first-order valence-corrected chi connectivity index (χ1v) is 7.92. The van der Waals surface area contributed by atoms with Gasteiger partial charge < -0.3 is 10.1 Å². The van der Waals surface area contributed by atoms with Crippen molar-refractivity contribution in [3.63, 3.8) is 0 Å². The Morgan fingerprint density at radius 1 is 1.08 bits per heavy atom. The highest BCUT2D eigenvalue weighted by Crippen LogP contribution is 2.15. The number of benzene rings is 2. The van der Waals surface area contributed by atoms with Crippen molar-refractivity contribution >= 4 is 28.9 Å². The monoisotopic (exact) mass is 345 g/mol. The fraction of sp³-hybridized carbons (Fsp3) is 0.167. The Bertz CT molecular complexity index is 684. The molecule has 0 unspecified atom stereocenters. The van der Waals surface area contributed by atoms with Gasteiger partial charge in [-0.05, 0) is 48.9 Å². The van der Waals surface area contributed by atoms with Crippen molar-refractivity contribution in [2.45, 2.75) is 6.92 Å². The summed E-state index contributed by atoms with van der Waals surface area (Å²) in [5.74, 6) is 0.590. The molecule has 2 aromatic carbocycles. The average molecular weight is 346 g/mol. The molecule has 2 aromatic rings. The lowest BCUT2D eigenvalue weighted by Crippen LogP contribution is -2.39. The second-order valence-corrected chi connectivity index (χ2v) is 5.41. The van der Waals surface area contributed by atoms with E-state index in [1.165, 1.54) is 0 Å². The topological polar surface area (TPSA) is 62.4 Å². The molecule has 0 heterocycles. The second-order valence-electron chi connectivity index (χ2n) is 4.97. The van der Waals surface area contributed by atoms with Gasteiger partial charge in [0.05, 0.1) is 18.8 Å². The maximum Gasteiger partial charge on any atom is 0.257 e. The molecule has 0 atom stereocenters. The number of nitrogens with one attached hydrogen (secondary N) is 3. The molecule has 0 saturated carbocycles. The molecule has 1 amide bonds. The van der Waals surface area contributed by atoms with Crippen molar-refractivity contribution in [2.75, 3.05) is 18.5 Å². The summed E-state index contributed by atoms with van der Waals surface area (Å²) in [4.78, 5) is 11.9. The van der Waals surface area contributed by atoms with Crippen LogP contribution in [0.2, 0.25) is 5.02 Å². The van der Waals surface area contributed by atoms with Crippen molar-refractivity contribution in [2.24, 2.45) is 0 Å². The van der Waals surface area contributed by atoms with E-state index < -0.39 is 0 Å². The molecule has 24 heavy (non-hydrogen) atoms. The van der Waals surface area contributed by atoms with E-state index in [1.807, 2.05) is 43.3 Å². The Morgan fingerprint density at radius 3 is 2.38 bits per heavy atom. The van der Waals surface area contributed by atoms with E-state index in [0.29, 0.717) is 17.3 Å². The number of ether oxygens (including phenoxy) is 1. The van der Waals surface area contributed by atoms with Gasteiger partial charge in [0.25, 0.3) is 5.91 Å². The van der Waals surface area contributed by atoms with E-state index >= 15 is 0 Å². The standard InChI is InChI=1S/C18H20ClN3O2/c1-3-24-17-10-8-16(9-11-17)20-12-18(23)22-21-13(2)14-4-6-15(19)7-5-14/h4-11,20-21H,2-3,12H2,1H3,(H,22,23). The molecule has 0 aliphatic heterocycles. The lowest BCUT2D eigenvalue weighted by molar-refractivity contribution is -0.120. The highest BCUT2D eigenvalue weighted by molar-refractivity contribution is 6.30. The Hall–Kier alpha value is -2.66. The summed E-state index contributed by atoms with van der Waals surface area (Å²) < 4.78 is 5.37. The number of halogens is 1. The molecular formula is C18H20ClN3O2. The molecule has 0 bridgehead atoms. The molecule has 3 N–H and O–H groups in total. The smallest absolute Gasteiger partial charge is 0.257 e. The molecule has 0 aliphatic rings. The van der Waals surface area contributed by atoms with E-state index in [1.54, 1.807) is 12.1 Å². The van der Waals surface area contributed by atoms with Crippen molar-refractivity contribution in [1.29, 1.82) is 0 Å². The summed E-state index contributed by atoms with van der Waals surface area (Å²) in [6.07, 6.45) is 0. The highest BCUT2D eigenvalue weighted by atomic mass is 35.5. The number of hydrogen-bond donors (Lipinski definition) is 3. The molecule has 5 nitrogen and oxygen atoms in total. The second kappa shape index (κ2) is 8.84. The summed E-state index contributed by atoms with van der Waals surface area (Å²) >= 11 is 5.83. The van der Waals surface area contributed by atoms with Gasteiger partial charge in [-0.25, -0.2) is 0 Å². The van der Waals surface area contributed by atoms with Gasteiger partial charge in [0.2, 0.25) is 0 Å². The molecule has 0 saturated heterocycles. The van der Waals surface area contributed by atoms with Gasteiger partial charge >= 0.3 is 0 Å². The van der Waals surface area contributed by atoms with E-state index in [9.17, 15) is 4.79 Å². The summed E-state index contributed by atoms with van der Waals surface area (Å²) in [5, 5.41) is 3.68. The van der Waals surface area contributed by atoms with Gasteiger partial charge in [-0.15, -0.1) is 0 Å². The first kappa shape index (κ1) is 17.7. The Morgan fingerprint density at radius 2 is 1.75 bits per heavy atom. The highest BCUT2D eigenvalue weighted by Gasteiger charge is 2.03. The third-order valence-corrected chi connectivity index (χ3v) is 3.42. The van der Waals surface area contributed by atoms with E-state index in [4.69, 9.17) is 16.3 Å². The molecule has 2 rings (SSSR count). The summed E-state index contributed by atoms with van der Waals surface area (Å²) in [6.45, 7) is 6.56. The molecule has 0 spiro atoms. The van der Waals surface area contributed by atoms with Gasteiger partial charge in [0, 0.05) is 10.7 Å². The van der Waals surface area contributed by atoms with Crippen LogP contribution in [0.4, 0.5) is 5.69 Å². The van der Waals surface area contributed by atoms with Crippen LogP contribution in [0.25, 0.3) is 5.70 Å². The zero-order valence-corrected chi connectivity index (χ0v) is 14.2. The van der Waals surface area contributed by atoms with Crippen LogP contribution in [0.3, 0.4) is 0 Å². The van der Waals surface area contributed by atoms with Crippen LogP contribution in [-0.2, 0) is 4.79 Å². The number of carbonyl (C=O) groups is 1. The van der Waals surface area contributed by atoms with E-state index in [-0.39, 0.29) is 12.5 Å². The molecule has 0 fully saturated rings. The summed E-state index contributed by atoms with van der Waals surface area (Å²) in [6, 6.07) is 14.6. The quantitative estimate of drug-likeness (QED) is 0.641. The Kier molecular flexibility index (Phi) is 6.51. The molecule has 6 heteroatoms. The van der Waals surface area contributed by atoms with Crippen molar-refractivity contribution in [3.05, 3.63) is 65.7 Å².